The van der Waals surface area contributed by atoms with Gasteiger partial charge in [-0.15, -0.1) is 0 Å². The second-order valence-corrected chi connectivity index (χ2v) is 3.61. The number of aliphatic hydroxyl groups is 1. The minimum Gasteiger partial charge on any atom is -0.462 e. The normalized spacial score (nSPS) is 10.9. The molecule has 2 aromatic heterocycles. The molecule has 0 spiro atoms. The molecule has 0 saturated carbocycles. The molecule has 0 radical (unpaired) electrons. The van der Waals surface area contributed by atoms with Crippen molar-refractivity contribution in [2.75, 3.05) is 0 Å². The van der Waals surface area contributed by atoms with E-state index in [1.165, 1.54) is 0 Å². The Kier molecular flexibility index (Phi) is 2.60. The Balaban J connectivity index is 2.17. The van der Waals surface area contributed by atoms with Crippen LogP contribution < -0.4 is 0 Å². The lowest BCUT2D eigenvalue weighted by Gasteiger charge is -2.00. The molecule has 0 atom stereocenters. The van der Waals surface area contributed by atoms with Crippen LogP contribution in [0.1, 0.15) is 22.9 Å². The van der Waals surface area contributed by atoms with Crippen LogP contribution in [-0.2, 0) is 13.2 Å². The quantitative estimate of drug-likeness (QED) is 0.830. The third-order valence-corrected chi connectivity index (χ3v) is 2.28. The molecule has 1 N–H and O–H groups in total. The summed E-state index contributed by atoms with van der Waals surface area (Å²) in [7, 11) is 0. The van der Waals surface area contributed by atoms with E-state index < -0.39 is 0 Å². The third-order valence-electron chi connectivity index (χ3n) is 2.28. The molecular formula is C11H14N2O2. The molecule has 2 aromatic rings. The molecule has 0 fully saturated rings. The van der Waals surface area contributed by atoms with Gasteiger partial charge in [0.15, 0.2) is 0 Å². The summed E-state index contributed by atoms with van der Waals surface area (Å²) >= 11 is 0. The van der Waals surface area contributed by atoms with Crippen LogP contribution in [0.15, 0.2) is 22.6 Å². The zero-order valence-electron chi connectivity index (χ0n) is 8.90. The Morgan fingerprint density at radius 2 is 2.07 bits per heavy atom. The largest absolute Gasteiger partial charge is 0.462 e. The predicted molar refractivity (Wildman–Crippen MR) is 55.4 cm³/mol. The molecule has 0 bridgehead atoms. The van der Waals surface area contributed by atoms with Gasteiger partial charge in [0.05, 0.1) is 12.2 Å². The molecule has 0 aliphatic heterocycles. The van der Waals surface area contributed by atoms with Gasteiger partial charge in [-0.3, -0.25) is 4.68 Å². The van der Waals surface area contributed by atoms with Gasteiger partial charge in [-0.25, -0.2) is 0 Å². The molecule has 0 amide bonds. The number of nitrogens with zero attached hydrogens (tertiary/aromatic N) is 2. The molecule has 2 heterocycles. The zero-order chi connectivity index (χ0) is 10.8. The van der Waals surface area contributed by atoms with Crippen molar-refractivity contribution in [3.63, 3.8) is 0 Å². The van der Waals surface area contributed by atoms with Crippen molar-refractivity contribution in [3.05, 3.63) is 41.1 Å². The molecule has 0 aliphatic rings. The van der Waals surface area contributed by atoms with Crippen molar-refractivity contribution in [2.45, 2.75) is 27.0 Å². The Bertz CT molecular complexity index is 457. The van der Waals surface area contributed by atoms with Crippen LogP contribution in [0.4, 0.5) is 0 Å². The van der Waals surface area contributed by atoms with E-state index in [-0.39, 0.29) is 6.61 Å². The smallest absolute Gasteiger partial charge is 0.129 e. The van der Waals surface area contributed by atoms with Crippen LogP contribution in [0, 0.1) is 13.8 Å². The first-order chi connectivity index (χ1) is 7.19. The second-order valence-electron chi connectivity index (χ2n) is 3.61. The van der Waals surface area contributed by atoms with Crippen molar-refractivity contribution < 1.29 is 9.52 Å². The van der Waals surface area contributed by atoms with Gasteiger partial charge in [-0.2, -0.15) is 5.10 Å². The Morgan fingerprint density at radius 1 is 1.33 bits per heavy atom. The highest BCUT2D eigenvalue weighted by Crippen LogP contribution is 2.11. The number of aryl methyl sites for hydroxylation is 2. The summed E-state index contributed by atoms with van der Waals surface area (Å²) in [5.41, 5.74) is 2.11. The lowest BCUT2D eigenvalue weighted by atomic mass is 10.4. The standard InChI is InChI=1S/C11H14N2O2/c1-8-5-9(2)13(12-8)6-10-3-4-11(7-14)15-10/h3-5,14H,6-7H2,1-2H3. The summed E-state index contributed by atoms with van der Waals surface area (Å²) in [6.45, 7) is 4.53. The average Bonchev–Trinajstić information content (AvgIpc) is 2.75. The highest BCUT2D eigenvalue weighted by atomic mass is 16.4. The van der Waals surface area contributed by atoms with Crippen molar-refractivity contribution in [2.24, 2.45) is 0 Å². The lowest BCUT2D eigenvalue weighted by molar-refractivity contribution is 0.242. The fraction of sp³-hybridized carbons (Fsp3) is 0.364. The van der Waals surface area contributed by atoms with Crippen LogP contribution in [0.3, 0.4) is 0 Å². The first-order valence-corrected chi connectivity index (χ1v) is 4.88. The van der Waals surface area contributed by atoms with E-state index in [4.69, 9.17) is 9.52 Å². The van der Waals surface area contributed by atoms with Gasteiger partial charge in [-0.05, 0) is 32.0 Å². The van der Waals surface area contributed by atoms with Crippen LogP contribution in [-0.4, -0.2) is 14.9 Å². The monoisotopic (exact) mass is 206 g/mol. The van der Waals surface area contributed by atoms with Crippen molar-refractivity contribution in [1.82, 2.24) is 9.78 Å². The maximum Gasteiger partial charge on any atom is 0.129 e. The van der Waals surface area contributed by atoms with Crippen LogP contribution in [0.5, 0.6) is 0 Å². The van der Waals surface area contributed by atoms with Crippen molar-refractivity contribution in [1.29, 1.82) is 0 Å². The first kappa shape index (κ1) is 9.98. The number of rotatable bonds is 3. The zero-order valence-corrected chi connectivity index (χ0v) is 8.90. The van der Waals surface area contributed by atoms with E-state index in [0.717, 1.165) is 17.1 Å². The van der Waals surface area contributed by atoms with Crippen LogP contribution in [0.2, 0.25) is 0 Å². The minimum atomic E-state index is -0.0584. The number of hydrogen-bond donors (Lipinski definition) is 1. The molecular weight excluding hydrogens is 192 g/mol. The van der Waals surface area contributed by atoms with Gasteiger partial charge < -0.3 is 9.52 Å². The first-order valence-electron chi connectivity index (χ1n) is 4.88. The van der Waals surface area contributed by atoms with Gasteiger partial charge in [0.2, 0.25) is 0 Å². The average molecular weight is 206 g/mol. The Morgan fingerprint density at radius 3 is 2.60 bits per heavy atom. The summed E-state index contributed by atoms with van der Waals surface area (Å²) < 4.78 is 7.27. The number of aromatic nitrogens is 2. The van der Waals surface area contributed by atoms with Gasteiger partial charge in [0.25, 0.3) is 0 Å². The van der Waals surface area contributed by atoms with Crippen molar-refractivity contribution >= 4 is 0 Å². The number of aliphatic hydroxyl groups excluding tert-OH is 1. The van der Waals surface area contributed by atoms with Crippen LogP contribution in [0.25, 0.3) is 0 Å². The maximum atomic E-state index is 8.86. The summed E-state index contributed by atoms with van der Waals surface area (Å²) in [6, 6.07) is 5.67. The van der Waals surface area contributed by atoms with Gasteiger partial charge in [-0.1, -0.05) is 0 Å². The molecule has 4 nitrogen and oxygen atoms in total. The van der Waals surface area contributed by atoms with E-state index in [9.17, 15) is 0 Å². The summed E-state index contributed by atoms with van der Waals surface area (Å²) in [5.74, 6) is 1.40. The van der Waals surface area contributed by atoms with Gasteiger partial charge in [0, 0.05) is 5.69 Å². The fourth-order valence-electron chi connectivity index (χ4n) is 1.57. The second kappa shape index (κ2) is 3.90. The van der Waals surface area contributed by atoms with E-state index in [1.54, 1.807) is 6.07 Å². The lowest BCUT2D eigenvalue weighted by Crippen LogP contribution is -2.02. The predicted octanol–water partition coefficient (Wildman–Crippen LogP) is 1.63. The third kappa shape index (κ3) is 2.10. The summed E-state index contributed by atoms with van der Waals surface area (Å²) in [6.07, 6.45) is 0. The Labute approximate surface area is 88.1 Å². The molecule has 80 valence electrons. The van der Waals surface area contributed by atoms with E-state index in [1.807, 2.05) is 30.7 Å². The molecule has 0 unspecified atom stereocenters. The molecule has 4 heteroatoms. The Hall–Kier alpha value is -1.55. The van der Waals surface area contributed by atoms with Gasteiger partial charge >= 0.3 is 0 Å². The number of furan rings is 1. The van der Waals surface area contributed by atoms with Gasteiger partial charge in [0.1, 0.15) is 18.1 Å². The minimum absolute atomic E-state index is 0.0584. The molecule has 0 aromatic carbocycles. The summed E-state index contributed by atoms with van der Waals surface area (Å²) in [4.78, 5) is 0. The van der Waals surface area contributed by atoms with E-state index in [0.29, 0.717) is 12.3 Å². The fourth-order valence-corrected chi connectivity index (χ4v) is 1.57. The van der Waals surface area contributed by atoms with Crippen LogP contribution >= 0.6 is 0 Å². The maximum absolute atomic E-state index is 8.86. The molecule has 2 rings (SSSR count). The van der Waals surface area contributed by atoms with Crippen molar-refractivity contribution in [3.8, 4) is 0 Å². The van der Waals surface area contributed by atoms with E-state index in [2.05, 4.69) is 5.10 Å². The molecule has 0 saturated heterocycles. The summed E-state index contributed by atoms with van der Waals surface area (Å²) in [5, 5.41) is 13.2. The SMILES string of the molecule is Cc1cc(C)n(Cc2ccc(CO)o2)n1. The highest BCUT2D eigenvalue weighted by Gasteiger charge is 2.05. The number of hydrogen-bond acceptors (Lipinski definition) is 3. The molecule has 15 heavy (non-hydrogen) atoms. The molecule has 0 aliphatic carbocycles. The topological polar surface area (TPSA) is 51.2 Å². The highest BCUT2D eigenvalue weighted by molar-refractivity contribution is 5.11. The van der Waals surface area contributed by atoms with E-state index >= 15 is 0 Å².